The normalized spacial score (nSPS) is 26.2. The van der Waals surface area contributed by atoms with E-state index >= 15 is 4.39 Å². The number of sulfonamides is 1. The highest BCUT2D eigenvalue weighted by Crippen LogP contribution is 2.48. The quantitative estimate of drug-likeness (QED) is 0.309. The largest absolute Gasteiger partial charge is 0.392 e. The molecule has 2 aromatic carbocycles. The maximum atomic E-state index is 15.8. The van der Waals surface area contributed by atoms with E-state index in [1.165, 1.54) is 23.1 Å². The van der Waals surface area contributed by atoms with Crippen LogP contribution in [0.4, 0.5) is 10.1 Å². The number of aromatic nitrogens is 1. The molecule has 0 spiro atoms. The van der Waals surface area contributed by atoms with Crippen LogP contribution in [0.15, 0.2) is 40.9 Å². The molecule has 4 fully saturated rings. The van der Waals surface area contributed by atoms with Crippen molar-refractivity contribution in [3.63, 3.8) is 0 Å². The number of rotatable bonds is 9. The summed E-state index contributed by atoms with van der Waals surface area (Å²) in [7, 11) is -4.23. The maximum Gasteiger partial charge on any atom is 0.267 e. The average molecular weight is 679 g/mol. The van der Waals surface area contributed by atoms with Gasteiger partial charge in [-0.1, -0.05) is 40.5 Å². The summed E-state index contributed by atoms with van der Waals surface area (Å²) in [5, 5.41) is 14.0. The van der Waals surface area contributed by atoms with E-state index in [4.69, 9.17) is 32.5 Å². The van der Waals surface area contributed by atoms with E-state index in [2.05, 4.69) is 5.16 Å². The Hall–Kier alpha value is -3.03. The summed E-state index contributed by atoms with van der Waals surface area (Å²) in [4.78, 5) is 27.8. The van der Waals surface area contributed by atoms with Gasteiger partial charge in [0, 0.05) is 23.1 Å². The molecule has 1 aromatic heterocycles. The van der Waals surface area contributed by atoms with Gasteiger partial charge in [0.05, 0.1) is 46.0 Å². The predicted octanol–water partition coefficient (Wildman–Crippen LogP) is 5.35. The number of piperidine rings is 1. The molecule has 4 aliphatic rings. The van der Waals surface area contributed by atoms with E-state index < -0.39 is 50.7 Å². The third kappa shape index (κ3) is 5.44. The van der Waals surface area contributed by atoms with Gasteiger partial charge in [-0.3, -0.25) is 9.59 Å². The van der Waals surface area contributed by atoms with Crippen LogP contribution in [0.25, 0.3) is 11.3 Å². The fraction of sp³-hybridized carbons (Fsp3) is 0.452. The second-order valence-electron chi connectivity index (χ2n) is 12.2. The van der Waals surface area contributed by atoms with Crippen molar-refractivity contribution in [2.24, 2.45) is 5.92 Å². The fourth-order valence-electron chi connectivity index (χ4n) is 6.95. The first kappa shape index (κ1) is 30.6. The number of nitrogens with one attached hydrogen (secondary N) is 1. The van der Waals surface area contributed by atoms with Gasteiger partial charge in [0.25, 0.3) is 5.91 Å². The average Bonchev–Trinajstić information content (AvgIpc) is 3.26. The van der Waals surface area contributed by atoms with Crippen molar-refractivity contribution in [1.29, 1.82) is 0 Å². The highest BCUT2D eigenvalue weighted by molar-refractivity contribution is 7.90. The zero-order valence-corrected chi connectivity index (χ0v) is 26.2. The highest BCUT2D eigenvalue weighted by Gasteiger charge is 2.53. The summed E-state index contributed by atoms with van der Waals surface area (Å²) in [6, 6.07) is 8.78. The summed E-state index contributed by atoms with van der Waals surface area (Å²) >= 11 is 12.9. The van der Waals surface area contributed by atoms with Crippen LogP contribution in [0, 0.1) is 11.7 Å². The number of nitrogens with zero attached hydrogens (tertiary/aromatic N) is 2. The molecule has 5 atom stereocenters. The van der Waals surface area contributed by atoms with Crippen molar-refractivity contribution in [2.45, 2.75) is 81.0 Å². The molecule has 3 aliphatic carbocycles. The third-order valence-corrected chi connectivity index (χ3v) is 11.8. The van der Waals surface area contributed by atoms with Crippen molar-refractivity contribution in [3.8, 4) is 11.3 Å². The first-order chi connectivity index (χ1) is 21.5. The van der Waals surface area contributed by atoms with E-state index in [1.807, 2.05) is 4.72 Å². The van der Waals surface area contributed by atoms with Gasteiger partial charge >= 0.3 is 0 Å². The number of aliphatic hydroxyl groups excluding tert-OH is 1. The number of carbonyl (C=O) groups excluding carboxylic acids is 2. The Morgan fingerprint density at radius 1 is 1.11 bits per heavy atom. The summed E-state index contributed by atoms with van der Waals surface area (Å²) in [6.45, 7) is 0.127. The summed E-state index contributed by atoms with van der Waals surface area (Å²) < 4.78 is 55.1. The Kier molecular flexibility index (Phi) is 7.92. The van der Waals surface area contributed by atoms with Crippen molar-refractivity contribution in [1.82, 2.24) is 9.88 Å². The number of ether oxygens (including phenoxy) is 1. The Balaban J connectivity index is 1.07. The molecule has 14 heteroatoms. The van der Waals surface area contributed by atoms with E-state index in [-0.39, 0.29) is 36.6 Å². The molecule has 1 saturated heterocycles. The molecular formula is C31H30Cl2FN3O7S. The van der Waals surface area contributed by atoms with E-state index in [0.717, 1.165) is 24.2 Å². The lowest BCUT2D eigenvalue weighted by Crippen LogP contribution is -2.44. The molecule has 0 unspecified atom stereocenters. The number of hydrogen-bond donors (Lipinski definition) is 2. The third-order valence-electron chi connectivity index (χ3n) is 9.34. The minimum absolute atomic E-state index is 0.0948. The van der Waals surface area contributed by atoms with Crippen molar-refractivity contribution in [3.05, 3.63) is 69.1 Å². The molecule has 2 amide bonds. The Labute approximate surface area is 268 Å². The molecule has 45 heavy (non-hydrogen) atoms. The van der Waals surface area contributed by atoms with E-state index in [9.17, 15) is 23.1 Å². The second kappa shape index (κ2) is 11.6. The number of carbonyl (C=O) groups is 2. The van der Waals surface area contributed by atoms with Crippen molar-refractivity contribution >= 4 is 50.7 Å². The second-order valence-corrected chi connectivity index (χ2v) is 14.9. The molecule has 3 saturated carbocycles. The number of halogens is 3. The van der Waals surface area contributed by atoms with Gasteiger partial charge in [-0.25, -0.2) is 17.5 Å². The topological polar surface area (TPSA) is 139 Å². The fourth-order valence-corrected chi connectivity index (χ4v) is 9.07. The highest BCUT2D eigenvalue weighted by atomic mass is 35.5. The lowest BCUT2D eigenvalue weighted by molar-refractivity contribution is -0.126. The van der Waals surface area contributed by atoms with Gasteiger partial charge in [-0.05, 0) is 69.2 Å². The zero-order valence-electron chi connectivity index (χ0n) is 23.9. The molecule has 238 valence electrons. The molecule has 10 nitrogen and oxygen atoms in total. The lowest BCUT2D eigenvalue weighted by atomic mass is 10.0. The standard InChI is InChI=1S/C31H30Cl2FN3O7S/c32-20-5-2-6-21(33)26(20)28-19(29(44-35-28)15-10-11-15)14-43-24-13-16-12-18(24)31(40)37(16)22-7-1-4-17(27(22)34)30(39)36-45(41,42)25-9-3-8-23(25)38/h1-2,4-7,15-16,18,23-25,38H,3,8-14H2,(H,36,39)/t16-,18+,23+,24+,25+/m0/s1. The van der Waals surface area contributed by atoms with Crippen LogP contribution in [0.3, 0.4) is 0 Å². The monoisotopic (exact) mass is 677 g/mol. The van der Waals surface area contributed by atoms with Crippen LogP contribution in [0.1, 0.15) is 72.5 Å². The van der Waals surface area contributed by atoms with Crippen LogP contribution in [-0.4, -0.2) is 54.0 Å². The van der Waals surface area contributed by atoms with Crippen molar-refractivity contribution in [2.75, 3.05) is 4.90 Å². The van der Waals surface area contributed by atoms with Gasteiger partial charge in [-0.2, -0.15) is 0 Å². The summed E-state index contributed by atoms with van der Waals surface area (Å²) in [5.41, 5.74) is 1.20. The molecular weight excluding hydrogens is 648 g/mol. The van der Waals surface area contributed by atoms with Crippen LogP contribution in [-0.2, 0) is 26.2 Å². The minimum Gasteiger partial charge on any atom is -0.392 e. The molecule has 3 aromatic rings. The SMILES string of the molecule is O=C(NS(=O)(=O)[C@@H]1CCC[C@H]1O)c1cccc(N2C(=O)[C@@H]3C[C@H]2C[C@H]3OCc2c(-c3c(Cl)cccc3Cl)noc2C2CC2)c1F. The van der Waals surface area contributed by atoms with Crippen LogP contribution in [0.5, 0.6) is 0 Å². The first-order valence-corrected chi connectivity index (χ1v) is 17.3. The maximum absolute atomic E-state index is 15.8. The lowest BCUT2D eigenvalue weighted by Gasteiger charge is -2.32. The molecule has 2 N–H and O–H groups in total. The number of hydrogen-bond acceptors (Lipinski definition) is 8. The van der Waals surface area contributed by atoms with Crippen LogP contribution < -0.4 is 9.62 Å². The van der Waals surface area contributed by atoms with Crippen molar-refractivity contribution < 1.29 is 36.8 Å². The van der Waals surface area contributed by atoms with Gasteiger partial charge in [0.1, 0.15) is 16.7 Å². The number of fused-ring (bicyclic) bond motifs is 2. The molecule has 1 aliphatic heterocycles. The smallest absolute Gasteiger partial charge is 0.267 e. The van der Waals surface area contributed by atoms with Gasteiger partial charge < -0.3 is 19.3 Å². The Morgan fingerprint density at radius 3 is 2.51 bits per heavy atom. The van der Waals surface area contributed by atoms with Crippen LogP contribution >= 0.6 is 23.2 Å². The summed E-state index contributed by atoms with van der Waals surface area (Å²) in [6.07, 6.45) is 2.31. The minimum atomic E-state index is -4.23. The number of benzene rings is 2. The van der Waals surface area contributed by atoms with Gasteiger partial charge in [0.15, 0.2) is 5.82 Å². The molecule has 7 rings (SSSR count). The first-order valence-electron chi connectivity index (χ1n) is 14.9. The van der Waals surface area contributed by atoms with Gasteiger partial charge in [-0.15, -0.1) is 0 Å². The van der Waals surface area contributed by atoms with Gasteiger partial charge in [0.2, 0.25) is 15.9 Å². The number of amides is 2. The van der Waals surface area contributed by atoms with Crippen LogP contribution in [0.2, 0.25) is 10.0 Å². The van der Waals surface area contributed by atoms with E-state index in [0.29, 0.717) is 47.0 Å². The Bertz CT molecular complexity index is 1780. The zero-order chi connectivity index (χ0) is 31.6. The Morgan fingerprint density at radius 2 is 1.84 bits per heavy atom. The number of anilines is 1. The molecule has 2 heterocycles. The molecule has 2 bridgehead atoms. The van der Waals surface area contributed by atoms with E-state index in [1.54, 1.807) is 18.2 Å². The predicted molar refractivity (Wildman–Crippen MR) is 163 cm³/mol. The number of aliphatic hydroxyl groups is 1. The summed E-state index contributed by atoms with van der Waals surface area (Å²) in [5.74, 6) is -2.06. The molecule has 0 radical (unpaired) electrons.